The largest absolute Gasteiger partial charge is 0.542 e. The molecule has 1 saturated heterocycles. The average molecular weight is 637 g/mol. The van der Waals surface area contributed by atoms with Gasteiger partial charge in [0.1, 0.15) is 29.8 Å². The Morgan fingerprint density at radius 2 is 1.67 bits per heavy atom. The van der Waals surface area contributed by atoms with Crippen molar-refractivity contribution in [2.75, 3.05) is 31.2 Å². The van der Waals surface area contributed by atoms with Gasteiger partial charge in [-0.05, 0) is 50.1 Å². The number of hydrogen-bond acceptors (Lipinski definition) is 7. The van der Waals surface area contributed by atoms with Gasteiger partial charge in [0, 0.05) is 42.6 Å². The zero-order chi connectivity index (χ0) is 33.2. The van der Waals surface area contributed by atoms with Crippen LogP contribution in [0.15, 0.2) is 53.5 Å². The standard InChI is InChI=1S/C29H35FN4O4.C2HF3O2/c1-4-29(17-26(36)34(19-29)28-32-13-11-25(35)33-28)12-14-31-18-20-15-23(37-5-2)27(24(16-20)38-6-3)21-7-9-22(30)10-8-21;3-2(4,5)1(6)7/h7-11,13,15-16,31H,4-6,12,14,17-19H2,1-3H3,(H,32,33,35);(H,6,7). The van der Waals surface area contributed by atoms with E-state index in [9.17, 15) is 27.2 Å². The molecule has 0 aliphatic carbocycles. The van der Waals surface area contributed by atoms with Crippen LogP contribution in [0.2, 0.25) is 0 Å². The van der Waals surface area contributed by atoms with E-state index < -0.39 is 12.1 Å². The van der Waals surface area contributed by atoms with Gasteiger partial charge in [0.05, 0.1) is 25.3 Å². The number of benzene rings is 2. The van der Waals surface area contributed by atoms with Crippen molar-refractivity contribution < 1.29 is 47.0 Å². The van der Waals surface area contributed by atoms with Gasteiger partial charge in [0.2, 0.25) is 11.9 Å². The van der Waals surface area contributed by atoms with Crippen LogP contribution >= 0.6 is 0 Å². The fourth-order valence-electron chi connectivity index (χ4n) is 5.05. The molecule has 2 aromatic carbocycles. The molecule has 3 N–H and O–H groups in total. The number of alkyl halides is 3. The van der Waals surface area contributed by atoms with Crippen molar-refractivity contribution in [2.45, 2.75) is 52.8 Å². The Balaban J connectivity index is 0.000000707. The molecular weight excluding hydrogens is 600 g/mol. The quantitative estimate of drug-likeness (QED) is 0.230. The van der Waals surface area contributed by atoms with Gasteiger partial charge in [-0.25, -0.2) is 9.37 Å². The molecular formula is C31H36F4N4O6. The summed E-state index contributed by atoms with van der Waals surface area (Å²) in [6.07, 6.45) is -1.62. The molecule has 4 rings (SSSR count). The van der Waals surface area contributed by atoms with E-state index >= 15 is 0 Å². The van der Waals surface area contributed by atoms with E-state index in [1.807, 2.05) is 26.0 Å². The first-order valence-electron chi connectivity index (χ1n) is 14.5. The molecule has 1 aliphatic heterocycles. The van der Waals surface area contributed by atoms with Crippen LogP contribution in [0.25, 0.3) is 11.1 Å². The molecule has 3 aromatic rings. The summed E-state index contributed by atoms with van der Waals surface area (Å²) in [7, 11) is 0. The number of carboxylic acid groups (broad SMARTS) is 1. The van der Waals surface area contributed by atoms with E-state index in [4.69, 9.17) is 19.4 Å². The summed E-state index contributed by atoms with van der Waals surface area (Å²) in [6, 6.07) is 11.7. The number of nitrogens with zero attached hydrogens (tertiary/aromatic N) is 2. The van der Waals surface area contributed by atoms with Gasteiger partial charge < -0.3 is 24.7 Å². The molecule has 1 aliphatic rings. The Hall–Kier alpha value is -4.46. The number of amides is 1. The van der Waals surface area contributed by atoms with Crippen LogP contribution in [0.5, 0.6) is 11.5 Å². The highest BCUT2D eigenvalue weighted by molar-refractivity contribution is 5.94. The lowest BCUT2D eigenvalue weighted by atomic mass is 9.81. The number of rotatable bonds is 12. The molecule has 10 nitrogen and oxygen atoms in total. The molecule has 0 radical (unpaired) electrons. The van der Waals surface area contributed by atoms with Crippen LogP contribution in [0.1, 0.15) is 45.6 Å². The maximum atomic E-state index is 13.5. The highest BCUT2D eigenvalue weighted by Crippen LogP contribution is 2.40. The molecule has 1 aromatic heterocycles. The highest BCUT2D eigenvalue weighted by atomic mass is 19.4. The molecule has 1 unspecified atom stereocenters. The fraction of sp³-hybridized carbons (Fsp3) is 0.419. The average Bonchev–Trinajstić information content (AvgIpc) is 3.33. The highest BCUT2D eigenvalue weighted by Gasteiger charge is 2.43. The number of carbonyl (C=O) groups excluding carboxylic acids is 2. The molecule has 45 heavy (non-hydrogen) atoms. The van der Waals surface area contributed by atoms with E-state index in [1.165, 1.54) is 24.4 Å². The third-order valence-corrected chi connectivity index (χ3v) is 7.33. The number of nitrogens with two attached hydrogens (primary N) is 1. The van der Waals surface area contributed by atoms with E-state index in [0.717, 1.165) is 42.6 Å². The molecule has 0 bridgehead atoms. The van der Waals surface area contributed by atoms with Crippen molar-refractivity contribution in [1.29, 1.82) is 0 Å². The number of ether oxygens (including phenoxy) is 2. The van der Waals surface area contributed by atoms with Gasteiger partial charge in [-0.2, -0.15) is 13.2 Å². The smallest absolute Gasteiger partial charge is 0.430 e. The van der Waals surface area contributed by atoms with Gasteiger partial charge in [0.25, 0.3) is 5.56 Å². The Bertz CT molecular complexity index is 1490. The summed E-state index contributed by atoms with van der Waals surface area (Å²) in [6.45, 7) is 9.06. The summed E-state index contributed by atoms with van der Waals surface area (Å²) in [5.74, 6) is -1.58. The summed E-state index contributed by atoms with van der Waals surface area (Å²) in [4.78, 5) is 41.7. The van der Waals surface area contributed by atoms with Crippen molar-refractivity contribution >= 4 is 17.8 Å². The number of aromatic nitrogens is 2. The second-order valence-corrected chi connectivity index (χ2v) is 10.4. The third-order valence-electron chi connectivity index (χ3n) is 7.33. The van der Waals surface area contributed by atoms with Crippen LogP contribution in [0.4, 0.5) is 23.5 Å². The number of H-pyrrole nitrogens is 1. The lowest BCUT2D eigenvalue weighted by Gasteiger charge is -2.26. The second kappa shape index (κ2) is 15.5. The van der Waals surface area contributed by atoms with Gasteiger partial charge in [-0.3, -0.25) is 19.5 Å². The normalized spacial score (nSPS) is 16.2. The third kappa shape index (κ3) is 9.51. The van der Waals surface area contributed by atoms with Gasteiger partial charge in [-0.1, -0.05) is 19.1 Å². The molecule has 1 amide bonds. The van der Waals surface area contributed by atoms with Crippen LogP contribution in [-0.2, 0) is 16.1 Å². The molecule has 0 spiro atoms. The summed E-state index contributed by atoms with van der Waals surface area (Å²) >= 11 is 0. The topological polar surface area (TPSA) is 141 Å². The predicted octanol–water partition coefficient (Wildman–Crippen LogP) is 2.96. The molecule has 244 valence electrons. The van der Waals surface area contributed by atoms with Crippen LogP contribution in [0.3, 0.4) is 0 Å². The van der Waals surface area contributed by atoms with Crippen molar-refractivity contribution in [3.05, 3.63) is 70.4 Å². The van der Waals surface area contributed by atoms with E-state index in [1.54, 1.807) is 17.0 Å². The lowest BCUT2D eigenvalue weighted by Crippen LogP contribution is -2.83. The number of anilines is 1. The fourth-order valence-corrected chi connectivity index (χ4v) is 5.05. The lowest BCUT2D eigenvalue weighted by molar-refractivity contribution is -0.672. The van der Waals surface area contributed by atoms with Gasteiger partial charge in [0.15, 0.2) is 0 Å². The van der Waals surface area contributed by atoms with Gasteiger partial charge >= 0.3 is 6.18 Å². The monoisotopic (exact) mass is 636 g/mol. The molecule has 14 heteroatoms. The summed E-state index contributed by atoms with van der Waals surface area (Å²) < 4.78 is 57.1. The second-order valence-electron chi connectivity index (χ2n) is 10.4. The van der Waals surface area contributed by atoms with Crippen molar-refractivity contribution in [3.63, 3.8) is 0 Å². The first kappa shape index (κ1) is 35.0. The SMILES string of the molecule is CCOc1cc(C[NH2+]CCC2(CC)CC(=O)N(c3nccc(=O)[nH]3)C2)cc(OCC)c1-c1ccc(F)cc1.O=C([O-])C(F)(F)F. The van der Waals surface area contributed by atoms with Crippen LogP contribution < -0.4 is 30.4 Å². The number of hydrogen-bond donors (Lipinski definition) is 2. The van der Waals surface area contributed by atoms with Gasteiger partial charge in [-0.15, -0.1) is 0 Å². The van der Waals surface area contributed by atoms with Crippen molar-refractivity contribution in [3.8, 4) is 22.6 Å². The Morgan fingerprint density at radius 1 is 1.07 bits per heavy atom. The Morgan fingerprint density at radius 3 is 2.18 bits per heavy atom. The number of aliphatic carboxylic acids is 1. The Labute approximate surface area is 257 Å². The first-order valence-corrected chi connectivity index (χ1v) is 14.5. The molecule has 2 heterocycles. The number of quaternary nitrogens is 1. The minimum Gasteiger partial charge on any atom is -0.542 e. The number of carboxylic acids is 1. The van der Waals surface area contributed by atoms with Crippen LogP contribution in [0, 0.1) is 11.2 Å². The Kier molecular flexibility index (Phi) is 12.1. The predicted molar refractivity (Wildman–Crippen MR) is 155 cm³/mol. The van der Waals surface area contributed by atoms with E-state index in [-0.39, 0.29) is 22.7 Å². The minimum absolute atomic E-state index is 0.0136. The number of halogens is 4. The number of aromatic amines is 1. The van der Waals surface area contributed by atoms with E-state index in [2.05, 4.69) is 22.2 Å². The minimum atomic E-state index is -5.19. The summed E-state index contributed by atoms with van der Waals surface area (Å²) in [5, 5.41) is 11.0. The first-order chi connectivity index (χ1) is 21.3. The number of nitrogens with one attached hydrogen (secondary N) is 1. The van der Waals surface area contributed by atoms with E-state index in [0.29, 0.717) is 43.6 Å². The zero-order valence-corrected chi connectivity index (χ0v) is 25.2. The van der Waals surface area contributed by atoms with Crippen LogP contribution in [-0.4, -0.2) is 54.3 Å². The molecule has 1 atom stereocenters. The number of carbonyl (C=O) groups is 2. The van der Waals surface area contributed by atoms with Crippen molar-refractivity contribution in [1.82, 2.24) is 9.97 Å². The summed E-state index contributed by atoms with van der Waals surface area (Å²) in [5.41, 5.74) is 2.28. The van der Waals surface area contributed by atoms with Crippen molar-refractivity contribution in [2.24, 2.45) is 5.41 Å². The zero-order valence-electron chi connectivity index (χ0n) is 25.2. The molecule has 1 fully saturated rings. The maximum Gasteiger partial charge on any atom is 0.430 e. The maximum absolute atomic E-state index is 13.5. The molecule has 0 saturated carbocycles.